The van der Waals surface area contributed by atoms with Crippen molar-refractivity contribution in [2.24, 2.45) is 0 Å². The van der Waals surface area contributed by atoms with Gasteiger partial charge in [-0.3, -0.25) is 0 Å². The summed E-state index contributed by atoms with van der Waals surface area (Å²) in [7, 11) is 0. The second kappa shape index (κ2) is 7.63. The molecule has 4 heteroatoms. The lowest BCUT2D eigenvalue weighted by Gasteiger charge is -2.19. The number of piperidine rings is 1. The minimum atomic E-state index is 0.420. The average molecular weight is 265 g/mol. The van der Waals surface area contributed by atoms with Crippen molar-refractivity contribution in [3.63, 3.8) is 0 Å². The molecule has 108 valence electrons. The molecule has 2 rings (SSSR count). The highest BCUT2D eigenvalue weighted by atomic mass is 16.4. The summed E-state index contributed by atoms with van der Waals surface area (Å²) in [5, 5.41) is 12.0. The van der Waals surface area contributed by atoms with Crippen molar-refractivity contribution in [3.05, 3.63) is 11.8 Å². The van der Waals surface area contributed by atoms with Gasteiger partial charge in [0.1, 0.15) is 0 Å². The van der Waals surface area contributed by atoms with Gasteiger partial charge in [-0.1, -0.05) is 33.1 Å². The van der Waals surface area contributed by atoms with E-state index in [2.05, 4.69) is 29.4 Å². The highest BCUT2D eigenvalue weighted by Crippen LogP contribution is 2.29. The standard InChI is InChI=1S/C15H27N3O/c1-3-5-8-12(7-4-2)14-17-18-15(19-14)13-9-6-10-16-11-13/h12-13,16H,3-11H2,1-2H3. The molecule has 0 bridgehead atoms. The van der Waals surface area contributed by atoms with Gasteiger partial charge in [0.05, 0.1) is 0 Å². The molecular formula is C15H27N3O. The SMILES string of the molecule is CCCCC(CCC)c1nnc(C2CCCNC2)o1. The first-order valence-corrected chi connectivity index (χ1v) is 7.89. The largest absolute Gasteiger partial charge is 0.425 e. The Morgan fingerprint density at radius 2 is 2.16 bits per heavy atom. The van der Waals surface area contributed by atoms with Crippen molar-refractivity contribution in [2.45, 2.75) is 70.6 Å². The molecule has 1 aromatic rings. The van der Waals surface area contributed by atoms with E-state index in [4.69, 9.17) is 4.42 Å². The topological polar surface area (TPSA) is 51.0 Å². The number of unbranched alkanes of at least 4 members (excludes halogenated alkanes) is 1. The summed E-state index contributed by atoms with van der Waals surface area (Å²) in [6.07, 6.45) is 8.36. The van der Waals surface area contributed by atoms with Crippen LogP contribution in [0.1, 0.15) is 82.4 Å². The van der Waals surface area contributed by atoms with Crippen molar-refractivity contribution in [1.82, 2.24) is 15.5 Å². The van der Waals surface area contributed by atoms with Gasteiger partial charge in [0.15, 0.2) is 0 Å². The minimum absolute atomic E-state index is 0.420. The Hall–Kier alpha value is -0.900. The van der Waals surface area contributed by atoms with E-state index in [1.54, 1.807) is 0 Å². The summed E-state index contributed by atoms with van der Waals surface area (Å²) in [4.78, 5) is 0. The Morgan fingerprint density at radius 1 is 1.26 bits per heavy atom. The molecule has 0 aromatic carbocycles. The Morgan fingerprint density at radius 3 is 2.84 bits per heavy atom. The molecule has 2 unspecified atom stereocenters. The molecule has 0 radical (unpaired) electrons. The van der Waals surface area contributed by atoms with Gasteiger partial charge in [-0.05, 0) is 32.2 Å². The molecule has 19 heavy (non-hydrogen) atoms. The molecule has 4 nitrogen and oxygen atoms in total. The maximum Gasteiger partial charge on any atom is 0.220 e. The fourth-order valence-corrected chi connectivity index (χ4v) is 2.83. The van der Waals surface area contributed by atoms with Gasteiger partial charge in [-0.15, -0.1) is 10.2 Å². The van der Waals surface area contributed by atoms with Gasteiger partial charge in [0.2, 0.25) is 11.8 Å². The van der Waals surface area contributed by atoms with E-state index >= 15 is 0 Å². The normalized spacial score (nSPS) is 21.5. The maximum absolute atomic E-state index is 5.97. The summed E-state index contributed by atoms with van der Waals surface area (Å²) in [6, 6.07) is 0. The van der Waals surface area contributed by atoms with Crippen LogP contribution in [0.5, 0.6) is 0 Å². The highest BCUT2D eigenvalue weighted by molar-refractivity contribution is 4.98. The molecule has 2 atom stereocenters. The molecule has 2 heterocycles. The van der Waals surface area contributed by atoms with E-state index in [9.17, 15) is 0 Å². The molecule has 1 fully saturated rings. The quantitative estimate of drug-likeness (QED) is 0.818. The molecular weight excluding hydrogens is 238 g/mol. The van der Waals surface area contributed by atoms with Crippen LogP contribution in [-0.4, -0.2) is 23.3 Å². The lowest BCUT2D eigenvalue weighted by Crippen LogP contribution is -2.28. The predicted molar refractivity (Wildman–Crippen MR) is 76.3 cm³/mol. The van der Waals surface area contributed by atoms with Crippen LogP contribution in [0.2, 0.25) is 0 Å². The first-order chi connectivity index (χ1) is 9.35. The van der Waals surface area contributed by atoms with E-state index < -0.39 is 0 Å². The second-order valence-electron chi connectivity index (χ2n) is 5.65. The van der Waals surface area contributed by atoms with Gasteiger partial charge < -0.3 is 9.73 Å². The third-order valence-corrected chi connectivity index (χ3v) is 3.99. The van der Waals surface area contributed by atoms with Gasteiger partial charge in [0.25, 0.3) is 0 Å². The van der Waals surface area contributed by atoms with E-state index in [0.29, 0.717) is 11.8 Å². The smallest absolute Gasteiger partial charge is 0.220 e. The van der Waals surface area contributed by atoms with E-state index in [-0.39, 0.29) is 0 Å². The average Bonchev–Trinajstić information content (AvgIpc) is 2.94. The number of hydrogen-bond donors (Lipinski definition) is 1. The number of aromatic nitrogens is 2. The summed E-state index contributed by atoms with van der Waals surface area (Å²) in [6.45, 7) is 6.55. The molecule has 0 aliphatic carbocycles. The molecule has 1 N–H and O–H groups in total. The first kappa shape index (κ1) is 14.5. The fraction of sp³-hybridized carbons (Fsp3) is 0.867. The van der Waals surface area contributed by atoms with Crippen LogP contribution in [0.25, 0.3) is 0 Å². The van der Waals surface area contributed by atoms with Gasteiger partial charge in [-0.2, -0.15) is 0 Å². The van der Waals surface area contributed by atoms with Crippen molar-refractivity contribution >= 4 is 0 Å². The Balaban J connectivity index is 1.99. The van der Waals surface area contributed by atoms with Crippen LogP contribution >= 0.6 is 0 Å². The van der Waals surface area contributed by atoms with Crippen molar-refractivity contribution in [1.29, 1.82) is 0 Å². The van der Waals surface area contributed by atoms with Gasteiger partial charge >= 0.3 is 0 Å². The molecule has 1 aliphatic heterocycles. The van der Waals surface area contributed by atoms with Crippen LogP contribution in [0.15, 0.2) is 4.42 Å². The van der Waals surface area contributed by atoms with Crippen LogP contribution in [0.4, 0.5) is 0 Å². The summed E-state index contributed by atoms with van der Waals surface area (Å²) in [5.74, 6) is 2.60. The van der Waals surface area contributed by atoms with E-state index in [0.717, 1.165) is 31.3 Å². The van der Waals surface area contributed by atoms with E-state index in [1.165, 1.54) is 38.5 Å². The Bertz CT molecular complexity index is 358. The number of nitrogens with one attached hydrogen (secondary N) is 1. The molecule has 0 amide bonds. The number of rotatable bonds is 7. The van der Waals surface area contributed by atoms with Crippen LogP contribution in [0.3, 0.4) is 0 Å². The number of hydrogen-bond acceptors (Lipinski definition) is 4. The lowest BCUT2D eigenvalue weighted by molar-refractivity contribution is 0.340. The Kier molecular flexibility index (Phi) is 5.83. The monoisotopic (exact) mass is 265 g/mol. The zero-order chi connectivity index (χ0) is 13.5. The third kappa shape index (κ3) is 4.03. The van der Waals surface area contributed by atoms with Crippen molar-refractivity contribution < 1.29 is 4.42 Å². The van der Waals surface area contributed by atoms with Crippen LogP contribution in [-0.2, 0) is 0 Å². The summed E-state index contributed by atoms with van der Waals surface area (Å²) in [5.41, 5.74) is 0. The Labute approximate surface area is 116 Å². The predicted octanol–water partition coefficient (Wildman–Crippen LogP) is 3.61. The number of nitrogens with zero attached hydrogens (tertiary/aromatic N) is 2. The first-order valence-electron chi connectivity index (χ1n) is 7.89. The summed E-state index contributed by atoms with van der Waals surface area (Å²) < 4.78 is 5.97. The van der Waals surface area contributed by atoms with E-state index in [1.807, 2.05) is 0 Å². The van der Waals surface area contributed by atoms with Crippen LogP contribution < -0.4 is 5.32 Å². The maximum atomic E-state index is 5.97. The van der Waals surface area contributed by atoms with Crippen LogP contribution in [0, 0.1) is 0 Å². The molecule has 0 saturated carbocycles. The molecule has 0 spiro atoms. The second-order valence-corrected chi connectivity index (χ2v) is 5.65. The zero-order valence-electron chi connectivity index (χ0n) is 12.3. The zero-order valence-corrected chi connectivity index (χ0v) is 12.3. The molecule has 1 aliphatic rings. The molecule has 1 saturated heterocycles. The minimum Gasteiger partial charge on any atom is -0.425 e. The van der Waals surface area contributed by atoms with Gasteiger partial charge in [-0.25, -0.2) is 0 Å². The fourth-order valence-electron chi connectivity index (χ4n) is 2.83. The van der Waals surface area contributed by atoms with Crippen molar-refractivity contribution in [3.8, 4) is 0 Å². The van der Waals surface area contributed by atoms with Crippen molar-refractivity contribution in [2.75, 3.05) is 13.1 Å². The lowest BCUT2D eigenvalue weighted by atomic mass is 9.97. The highest BCUT2D eigenvalue weighted by Gasteiger charge is 2.23. The van der Waals surface area contributed by atoms with Gasteiger partial charge in [0, 0.05) is 18.4 Å². The molecule has 1 aromatic heterocycles. The third-order valence-electron chi connectivity index (χ3n) is 3.99. The summed E-state index contributed by atoms with van der Waals surface area (Å²) >= 11 is 0.